The number of ether oxygens (including phenoxy) is 1. The molecule has 1 amide bonds. The standard InChI is InChI=1S/C24H17Cl2N3O5/c1-14-2-4-15(5-3-14)13-33-23-19(25)8-16(9-20(23)26)12-27-28-24(30)22-11-17-10-18(29(31)32)6-7-21(17)34-22/h2-12H,13H2,1H3,(H,28,30)/b27-12-. The molecule has 1 N–H and O–H groups in total. The highest BCUT2D eigenvalue weighted by molar-refractivity contribution is 6.37. The summed E-state index contributed by atoms with van der Waals surface area (Å²) >= 11 is 12.6. The second-order valence-electron chi connectivity index (χ2n) is 7.38. The lowest BCUT2D eigenvalue weighted by atomic mass is 10.2. The fourth-order valence-electron chi connectivity index (χ4n) is 3.11. The zero-order valence-electron chi connectivity index (χ0n) is 17.7. The molecule has 1 heterocycles. The van der Waals surface area contributed by atoms with Crippen molar-refractivity contribution in [2.45, 2.75) is 13.5 Å². The van der Waals surface area contributed by atoms with Gasteiger partial charge in [-0.25, -0.2) is 5.43 Å². The van der Waals surface area contributed by atoms with Crippen molar-refractivity contribution in [1.82, 2.24) is 5.43 Å². The highest BCUT2D eigenvalue weighted by Crippen LogP contribution is 2.34. The van der Waals surface area contributed by atoms with E-state index in [0.29, 0.717) is 38.9 Å². The summed E-state index contributed by atoms with van der Waals surface area (Å²) in [5, 5.41) is 15.8. The molecule has 4 aromatic rings. The maximum atomic E-state index is 12.3. The van der Waals surface area contributed by atoms with E-state index in [2.05, 4.69) is 10.5 Å². The second-order valence-corrected chi connectivity index (χ2v) is 8.19. The van der Waals surface area contributed by atoms with Crippen molar-refractivity contribution >= 4 is 52.0 Å². The van der Waals surface area contributed by atoms with Crippen LogP contribution >= 0.6 is 23.2 Å². The third-order valence-corrected chi connectivity index (χ3v) is 5.40. The van der Waals surface area contributed by atoms with Crippen LogP contribution < -0.4 is 10.2 Å². The molecular formula is C24H17Cl2N3O5. The lowest BCUT2D eigenvalue weighted by Gasteiger charge is -2.11. The average Bonchev–Trinajstić information content (AvgIpc) is 3.23. The van der Waals surface area contributed by atoms with Crippen molar-refractivity contribution in [3.8, 4) is 5.75 Å². The van der Waals surface area contributed by atoms with Crippen LogP contribution in [-0.2, 0) is 6.61 Å². The minimum atomic E-state index is -0.620. The third kappa shape index (κ3) is 5.36. The first kappa shape index (κ1) is 23.3. The Morgan fingerprint density at radius 3 is 2.50 bits per heavy atom. The van der Waals surface area contributed by atoms with Gasteiger partial charge in [-0.2, -0.15) is 5.10 Å². The van der Waals surface area contributed by atoms with E-state index in [4.69, 9.17) is 32.4 Å². The van der Waals surface area contributed by atoms with Crippen LogP contribution in [0.1, 0.15) is 27.2 Å². The van der Waals surface area contributed by atoms with Gasteiger partial charge >= 0.3 is 5.91 Å². The number of furan rings is 1. The van der Waals surface area contributed by atoms with Crippen LogP contribution in [0, 0.1) is 17.0 Å². The molecule has 34 heavy (non-hydrogen) atoms. The molecule has 3 aromatic carbocycles. The van der Waals surface area contributed by atoms with Crippen LogP contribution in [0.4, 0.5) is 5.69 Å². The summed E-state index contributed by atoms with van der Waals surface area (Å²) < 4.78 is 11.2. The number of hydrogen-bond acceptors (Lipinski definition) is 6. The SMILES string of the molecule is Cc1ccc(COc2c(Cl)cc(/C=N\NC(=O)c3cc4cc([N+](=O)[O-])ccc4o3)cc2Cl)cc1. The molecule has 172 valence electrons. The quantitative estimate of drug-likeness (QED) is 0.183. The van der Waals surface area contributed by atoms with Crippen molar-refractivity contribution in [1.29, 1.82) is 0 Å². The molecule has 1 aromatic heterocycles. The number of nitrogens with zero attached hydrogens (tertiary/aromatic N) is 2. The number of fused-ring (bicyclic) bond motifs is 1. The number of non-ortho nitro benzene ring substituents is 1. The van der Waals surface area contributed by atoms with E-state index >= 15 is 0 Å². The summed E-state index contributed by atoms with van der Waals surface area (Å²) in [7, 11) is 0. The van der Waals surface area contributed by atoms with Gasteiger partial charge in [0.15, 0.2) is 11.5 Å². The summed E-state index contributed by atoms with van der Waals surface area (Å²) in [5.74, 6) is -0.310. The van der Waals surface area contributed by atoms with E-state index < -0.39 is 10.8 Å². The second kappa shape index (κ2) is 9.94. The monoisotopic (exact) mass is 497 g/mol. The van der Waals surface area contributed by atoms with Crippen molar-refractivity contribution in [3.05, 3.63) is 103 Å². The number of nitro groups is 1. The van der Waals surface area contributed by atoms with Crippen molar-refractivity contribution in [2.24, 2.45) is 5.10 Å². The van der Waals surface area contributed by atoms with Gasteiger partial charge in [-0.1, -0.05) is 53.0 Å². The van der Waals surface area contributed by atoms with Crippen LogP contribution in [0.2, 0.25) is 10.0 Å². The molecule has 0 spiro atoms. The molecule has 0 aliphatic heterocycles. The Kier molecular flexibility index (Phi) is 6.81. The normalized spacial score (nSPS) is 11.1. The van der Waals surface area contributed by atoms with E-state index in [1.54, 1.807) is 12.1 Å². The summed E-state index contributed by atoms with van der Waals surface area (Å²) in [6, 6.07) is 16.6. The zero-order chi connectivity index (χ0) is 24.2. The van der Waals surface area contributed by atoms with Gasteiger partial charge in [0, 0.05) is 17.5 Å². The molecule has 0 atom stereocenters. The molecule has 0 fully saturated rings. The molecule has 0 bridgehead atoms. The largest absolute Gasteiger partial charge is 0.486 e. The lowest BCUT2D eigenvalue weighted by molar-refractivity contribution is -0.384. The number of halogens is 2. The number of carbonyl (C=O) groups is 1. The smallest absolute Gasteiger partial charge is 0.307 e. The van der Waals surface area contributed by atoms with E-state index in [1.165, 1.54) is 30.5 Å². The van der Waals surface area contributed by atoms with Crippen LogP contribution in [0.15, 0.2) is 70.2 Å². The Labute approximate surface area is 203 Å². The number of hydrazone groups is 1. The Morgan fingerprint density at radius 1 is 1.12 bits per heavy atom. The number of benzene rings is 3. The topological polar surface area (TPSA) is 107 Å². The summed E-state index contributed by atoms with van der Waals surface area (Å²) in [5.41, 5.74) is 5.25. The number of carbonyl (C=O) groups excluding carboxylic acids is 1. The number of nitrogens with one attached hydrogen (secondary N) is 1. The minimum Gasteiger partial charge on any atom is -0.486 e. The van der Waals surface area contributed by atoms with Gasteiger partial charge in [0.1, 0.15) is 12.2 Å². The van der Waals surface area contributed by atoms with Gasteiger partial charge in [-0.05, 0) is 42.3 Å². The highest BCUT2D eigenvalue weighted by Gasteiger charge is 2.15. The molecule has 8 nitrogen and oxygen atoms in total. The first-order chi connectivity index (χ1) is 16.3. The first-order valence-electron chi connectivity index (χ1n) is 9.99. The van der Waals surface area contributed by atoms with E-state index in [9.17, 15) is 14.9 Å². The summed E-state index contributed by atoms with van der Waals surface area (Å²) in [6.45, 7) is 2.32. The lowest BCUT2D eigenvalue weighted by Crippen LogP contribution is -2.16. The fraction of sp³-hybridized carbons (Fsp3) is 0.0833. The van der Waals surface area contributed by atoms with Crippen molar-refractivity contribution in [3.63, 3.8) is 0 Å². The van der Waals surface area contributed by atoms with Crippen LogP contribution in [0.5, 0.6) is 5.75 Å². The minimum absolute atomic E-state index is 0.0384. The predicted octanol–water partition coefficient (Wildman–Crippen LogP) is 6.30. The highest BCUT2D eigenvalue weighted by atomic mass is 35.5. The Balaban J connectivity index is 1.41. The molecule has 0 aliphatic rings. The van der Waals surface area contributed by atoms with E-state index in [-0.39, 0.29) is 11.4 Å². The molecule has 0 unspecified atom stereocenters. The van der Waals surface area contributed by atoms with Gasteiger partial charge in [0.05, 0.1) is 21.2 Å². The van der Waals surface area contributed by atoms with Crippen LogP contribution in [0.25, 0.3) is 11.0 Å². The van der Waals surface area contributed by atoms with Gasteiger partial charge in [-0.15, -0.1) is 0 Å². The number of rotatable bonds is 7. The number of aryl methyl sites for hydroxylation is 1. The zero-order valence-corrected chi connectivity index (χ0v) is 19.3. The molecular weight excluding hydrogens is 481 g/mol. The molecule has 0 radical (unpaired) electrons. The van der Waals surface area contributed by atoms with Gasteiger partial charge < -0.3 is 9.15 Å². The Hall–Kier alpha value is -3.88. The van der Waals surface area contributed by atoms with Gasteiger partial charge in [-0.3, -0.25) is 14.9 Å². The Bertz CT molecular complexity index is 1390. The maximum Gasteiger partial charge on any atom is 0.307 e. The molecule has 10 heteroatoms. The third-order valence-electron chi connectivity index (χ3n) is 4.84. The average molecular weight is 498 g/mol. The van der Waals surface area contributed by atoms with Gasteiger partial charge in [0.25, 0.3) is 5.69 Å². The molecule has 0 aliphatic carbocycles. The van der Waals surface area contributed by atoms with Gasteiger partial charge in [0.2, 0.25) is 0 Å². The van der Waals surface area contributed by atoms with E-state index in [1.807, 2.05) is 31.2 Å². The van der Waals surface area contributed by atoms with E-state index in [0.717, 1.165) is 11.1 Å². The predicted molar refractivity (Wildman–Crippen MR) is 130 cm³/mol. The number of amides is 1. The van der Waals surface area contributed by atoms with Crippen LogP contribution in [0.3, 0.4) is 0 Å². The number of hydrogen-bond donors (Lipinski definition) is 1. The van der Waals surface area contributed by atoms with Crippen LogP contribution in [-0.4, -0.2) is 17.0 Å². The Morgan fingerprint density at radius 2 is 1.82 bits per heavy atom. The fourth-order valence-corrected chi connectivity index (χ4v) is 3.72. The first-order valence-corrected chi connectivity index (χ1v) is 10.7. The van der Waals surface area contributed by atoms with Crippen molar-refractivity contribution in [2.75, 3.05) is 0 Å². The van der Waals surface area contributed by atoms with Crippen molar-refractivity contribution < 1.29 is 18.9 Å². The maximum absolute atomic E-state index is 12.3. The number of nitro benzene ring substituents is 1. The molecule has 0 saturated heterocycles. The summed E-state index contributed by atoms with van der Waals surface area (Å²) in [6.07, 6.45) is 1.37. The molecule has 0 saturated carbocycles. The summed E-state index contributed by atoms with van der Waals surface area (Å²) in [4.78, 5) is 22.7. The molecule has 4 rings (SSSR count).